The van der Waals surface area contributed by atoms with Crippen molar-refractivity contribution in [2.75, 3.05) is 33.0 Å². The lowest BCUT2D eigenvalue weighted by Gasteiger charge is -2.27. The number of rotatable bonds is 8. The van der Waals surface area contributed by atoms with E-state index in [-0.39, 0.29) is 6.29 Å². The summed E-state index contributed by atoms with van der Waals surface area (Å²) in [6.07, 6.45) is 5.44. The van der Waals surface area contributed by atoms with Gasteiger partial charge >= 0.3 is 0 Å². The third kappa shape index (κ3) is 4.48. The van der Waals surface area contributed by atoms with E-state index in [0.717, 1.165) is 60.1 Å². The van der Waals surface area contributed by atoms with E-state index in [2.05, 4.69) is 6.07 Å². The van der Waals surface area contributed by atoms with E-state index in [1.807, 2.05) is 42.5 Å². The van der Waals surface area contributed by atoms with Crippen molar-refractivity contribution < 1.29 is 28.1 Å². The molecule has 6 nitrogen and oxygen atoms in total. The Hall–Kier alpha value is -2.38. The maximum absolute atomic E-state index is 6.06. The molecule has 164 valence electrons. The first-order chi connectivity index (χ1) is 15.3. The summed E-state index contributed by atoms with van der Waals surface area (Å²) >= 11 is 0. The van der Waals surface area contributed by atoms with Crippen molar-refractivity contribution in [2.24, 2.45) is 0 Å². The first kappa shape index (κ1) is 20.5. The highest BCUT2D eigenvalue weighted by atomic mass is 16.8. The summed E-state index contributed by atoms with van der Waals surface area (Å²) < 4.78 is 35.5. The van der Waals surface area contributed by atoms with Gasteiger partial charge in [-0.05, 0) is 25.3 Å². The Morgan fingerprint density at radius 3 is 2.61 bits per heavy atom. The second kappa shape index (κ2) is 9.40. The van der Waals surface area contributed by atoms with Gasteiger partial charge in [-0.3, -0.25) is 0 Å². The van der Waals surface area contributed by atoms with E-state index in [1.54, 1.807) is 6.26 Å². The lowest BCUT2D eigenvalue weighted by molar-refractivity contribution is -0.202. The van der Waals surface area contributed by atoms with Crippen molar-refractivity contribution in [2.45, 2.75) is 37.8 Å². The van der Waals surface area contributed by atoms with Crippen LogP contribution in [0.5, 0.6) is 5.75 Å². The number of para-hydroxylation sites is 1. The Balaban J connectivity index is 1.22. The van der Waals surface area contributed by atoms with Crippen molar-refractivity contribution >= 4 is 11.0 Å². The van der Waals surface area contributed by atoms with E-state index in [4.69, 9.17) is 28.1 Å². The third-order valence-corrected chi connectivity index (χ3v) is 5.82. The molecule has 2 fully saturated rings. The quantitative estimate of drug-likeness (QED) is 0.484. The van der Waals surface area contributed by atoms with Crippen LogP contribution in [0.1, 0.15) is 30.4 Å². The van der Waals surface area contributed by atoms with E-state index < -0.39 is 5.79 Å². The van der Waals surface area contributed by atoms with Gasteiger partial charge in [-0.15, -0.1) is 0 Å². The molecule has 3 aromatic rings. The minimum absolute atomic E-state index is 0.197. The van der Waals surface area contributed by atoms with Crippen LogP contribution in [0.4, 0.5) is 0 Å². The maximum Gasteiger partial charge on any atom is 0.219 e. The fraction of sp³-hybridized carbons (Fsp3) is 0.440. The molecule has 2 saturated heterocycles. The summed E-state index contributed by atoms with van der Waals surface area (Å²) in [5.41, 5.74) is 2.83. The molecule has 3 heterocycles. The molecule has 1 aromatic heterocycles. The third-order valence-electron chi connectivity index (χ3n) is 5.82. The number of hydrogen-bond donors (Lipinski definition) is 0. The smallest absolute Gasteiger partial charge is 0.219 e. The topological polar surface area (TPSA) is 59.3 Å². The average Bonchev–Trinajstić information content (AvgIpc) is 3.47. The zero-order valence-corrected chi connectivity index (χ0v) is 17.6. The van der Waals surface area contributed by atoms with Crippen molar-refractivity contribution in [3.8, 4) is 5.75 Å². The molecule has 0 radical (unpaired) electrons. The second-order valence-corrected chi connectivity index (χ2v) is 7.93. The van der Waals surface area contributed by atoms with Gasteiger partial charge in [-0.2, -0.15) is 0 Å². The molecule has 0 spiro atoms. The molecule has 31 heavy (non-hydrogen) atoms. The van der Waals surface area contributed by atoms with Crippen LogP contribution in [-0.4, -0.2) is 39.3 Å². The van der Waals surface area contributed by atoms with E-state index in [0.29, 0.717) is 26.4 Å². The summed E-state index contributed by atoms with van der Waals surface area (Å²) in [6, 6.07) is 15.9. The standard InChI is InChI=1S/C25H28O6/c1-2-7-20(8-3-1)25(29-15-16-30-25)18-26-14-12-19-17-28-24-21(19)9-6-10-22(24)31-23-11-4-5-13-27-23/h1-3,6-10,17,23H,4-5,11-16,18H2. The molecule has 1 unspecified atom stereocenters. The number of furan rings is 1. The van der Waals surface area contributed by atoms with Gasteiger partial charge in [0.1, 0.15) is 6.61 Å². The van der Waals surface area contributed by atoms with Crippen molar-refractivity contribution in [3.63, 3.8) is 0 Å². The molecule has 0 N–H and O–H groups in total. The van der Waals surface area contributed by atoms with E-state index in [9.17, 15) is 0 Å². The second-order valence-electron chi connectivity index (χ2n) is 7.93. The van der Waals surface area contributed by atoms with Crippen LogP contribution >= 0.6 is 0 Å². The van der Waals surface area contributed by atoms with Gasteiger partial charge in [0.2, 0.25) is 5.79 Å². The zero-order valence-electron chi connectivity index (χ0n) is 17.6. The average molecular weight is 424 g/mol. The van der Waals surface area contributed by atoms with Crippen molar-refractivity contribution in [3.05, 3.63) is 65.9 Å². The summed E-state index contributed by atoms with van der Waals surface area (Å²) in [5, 5.41) is 1.04. The molecule has 0 amide bonds. The predicted octanol–water partition coefficient (Wildman–Crippen LogP) is 4.80. The summed E-state index contributed by atoms with van der Waals surface area (Å²) in [7, 11) is 0. The molecule has 1 atom stereocenters. The summed E-state index contributed by atoms with van der Waals surface area (Å²) in [4.78, 5) is 0. The van der Waals surface area contributed by atoms with Crippen LogP contribution < -0.4 is 4.74 Å². The van der Waals surface area contributed by atoms with Gasteiger partial charge in [0.25, 0.3) is 0 Å². The molecule has 2 aliphatic heterocycles. The summed E-state index contributed by atoms with van der Waals surface area (Å²) in [6.45, 7) is 2.77. The van der Waals surface area contributed by atoms with Crippen LogP contribution in [0.3, 0.4) is 0 Å². The molecular formula is C25H28O6. The molecule has 0 saturated carbocycles. The first-order valence-corrected chi connectivity index (χ1v) is 11.0. The van der Waals surface area contributed by atoms with Crippen LogP contribution in [0.2, 0.25) is 0 Å². The van der Waals surface area contributed by atoms with Crippen LogP contribution in [0.15, 0.2) is 59.2 Å². The summed E-state index contributed by atoms with van der Waals surface area (Å²) in [5.74, 6) is -0.0897. The largest absolute Gasteiger partial charge is 0.461 e. The highest BCUT2D eigenvalue weighted by Crippen LogP contribution is 2.33. The molecular weight excluding hydrogens is 396 g/mol. The van der Waals surface area contributed by atoms with Gasteiger partial charge in [0, 0.05) is 22.9 Å². The minimum atomic E-state index is -0.819. The number of benzene rings is 2. The van der Waals surface area contributed by atoms with E-state index in [1.165, 1.54) is 0 Å². The van der Waals surface area contributed by atoms with Gasteiger partial charge in [0.15, 0.2) is 17.6 Å². The number of ether oxygens (including phenoxy) is 5. The monoisotopic (exact) mass is 424 g/mol. The number of hydrogen-bond acceptors (Lipinski definition) is 6. The normalized spacial score (nSPS) is 20.8. The molecule has 2 aliphatic rings. The lowest BCUT2D eigenvalue weighted by atomic mass is 10.1. The van der Waals surface area contributed by atoms with Crippen molar-refractivity contribution in [1.82, 2.24) is 0 Å². The maximum atomic E-state index is 6.06. The Morgan fingerprint density at radius 1 is 0.935 bits per heavy atom. The fourth-order valence-corrected chi connectivity index (χ4v) is 4.18. The lowest BCUT2D eigenvalue weighted by Crippen LogP contribution is -2.33. The SMILES string of the molecule is c1ccc(C2(COCCc3coc4c(OC5CCCCO5)cccc34)OCCO2)cc1. The van der Waals surface area contributed by atoms with E-state index >= 15 is 0 Å². The van der Waals surface area contributed by atoms with Crippen molar-refractivity contribution in [1.29, 1.82) is 0 Å². The van der Waals surface area contributed by atoms with Gasteiger partial charge < -0.3 is 28.1 Å². The molecule has 0 bridgehead atoms. The van der Waals surface area contributed by atoms with Crippen LogP contribution in [0, 0.1) is 0 Å². The van der Waals surface area contributed by atoms with Gasteiger partial charge in [0.05, 0.1) is 32.7 Å². The Labute approximate surface area is 182 Å². The zero-order chi connectivity index (χ0) is 20.9. The van der Waals surface area contributed by atoms with Crippen LogP contribution in [-0.2, 0) is 31.2 Å². The molecule has 2 aromatic carbocycles. The Kier molecular flexibility index (Phi) is 6.22. The van der Waals surface area contributed by atoms with Gasteiger partial charge in [-0.1, -0.05) is 42.5 Å². The number of fused-ring (bicyclic) bond motifs is 1. The Bertz CT molecular complexity index is 970. The molecule has 0 aliphatic carbocycles. The first-order valence-electron chi connectivity index (χ1n) is 11.0. The Morgan fingerprint density at radius 2 is 1.81 bits per heavy atom. The van der Waals surface area contributed by atoms with Gasteiger partial charge in [-0.25, -0.2) is 0 Å². The molecule has 5 rings (SSSR count). The minimum Gasteiger partial charge on any atom is -0.461 e. The predicted molar refractivity (Wildman–Crippen MR) is 115 cm³/mol. The fourth-order valence-electron chi connectivity index (χ4n) is 4.18. The molecule has 6 heteroatoms. The highest BCUT2D eigenvalue weighted by molar-refractivity contribution is 5.86. The van der Waals surface area contributed by atoms with Crippen LogP contribution in [0.25, 0.3) is 11.0 Å². The highest BCUT2D eigenvalue weighted by Gasteiger charge is 2.38.